The topological polar surface area (TPSA) is 73.2 Å². The Morgan fingerprint density at radius 2 is 1.85 bits per heavy atom. The molecule has 6 nitrogen and oxygen atoms in total. The maximum Gasteiger partial charge on any atom is 0.266 e. The molecule has 1 N–H and O–H groups in total. The van der Waals surface area contributed by atoms with Crippen LogP contribution in [0.5, 0.6) is 5.75 Å². The molecule has 7 heteroatoms. The molecule has 0 unspecified atom stereocenters. The molecule has 0 saturated carbocycles. The SMILES string of the molecule is COc1ccc(C)cc1NC(=O)CSc1nc2ccccc2c(=O)n1-c1cccc(C)c1C. The largest absolute Gasteiger partial charge is 0.495 e. The molecule has 0 aliphatic heterocycles. The number of aryl methyl sites for hydroxylation is 2. The van der Waals surface area contributed by atoms with E-state index in [1.807, 2.05) is 75.4 Å². The van der Waals surface area contributed by atoms with Crippen molar-refractivity contribution in [2.24, 2.45) is 0 Å². The second-order valence-corrected chi connectivity index (χ2v) is 8.75. The lowest BCUT2D eigenvalue weighted by molar-refractivity contribution is -0.113. The fourth-order valence-electron chi connectivity index (χ4n) is 3.64. The summed E-state index contributed by atoms with van der Waals surface area (Å²) in [7, 11) is 1.57. The Balaban J connectivity index is 1.70. The molecule has 1 amide bonds. The van der Waals surface area contributed by atoms with E-state index in [1.54, 1.807) is 17.7 Å². The maximum absolute atomic E-state index is 13.5. The zero-order valence-electron chi connectivity index (χ0n) is 19.0. The number of carbonyl (C=O) groups is 1. The second kappa shape index (κ2) is 9.50. The zero-order chi connectivity index (χ0) is 23.5. The first-order valence-electron chi connectivity index (χ1n) is 10.5. The molecule has 0 radical (unpaired) electrons. The zero-order valence-corrected chi connectivity index (χ0v) is 19.8. The molecule has 0 atom stereocenters. The fraction of sp³-hybridized carbons (Fsp3) is 0.192. The number of ether oxygens (including phenoxy) is 1. The summed E-state index contributed by atoms with van der Waals surface area (Å²) in [4.78, 5) is 31.0. The molecule has 1 aromatic heterocycles. The monoisotopic (exact) mass is 459 g/mol. The Kier molecular flexibility index (Phi) is 6.51. The highest BCUT2D eigenvalue weighted by Gasteiger charge is 2.17. The molecule has 168 valence electrons. The first-order chi connectivity index (χ1) is 15.9. The number of fused-ring (bicyclic) bond motifs is 1. The lowest BCUT2D eigenvalue weighted by atomic mass is 10.1. The first kappa shape index (κ1) is 22.6. The normalized spacial score (nSPS) is 10.9. The van der Waals surface area contributed by atoms with Crippen LogP contribution in [-0.4, -0.2) is 28.3 Å². The van der Waals surface area contributed by atoms with Crippen LogP contribution in [0.2, 0.25) is 0 Å². The number of nitrogens with one attached hydrogen (secondary N) is 1. The number of hydrogen-bond acceptors (Lipinski definition) is 5. The molecule has 0 spiro atoms. The van der Waals surface area contributed by atoms with Crippen molar-refractivity contribution < 1.29 is 9.53 Å². The van der Waals surface area contributed by atoms with E-state index in [2.05, 4.69) is 5.32 Å². The van der Waals surface area contributed by atoms with Crippen molar-refractivity contribution in [1.29, 1.82) is 0 Å². The van der Waals surface area contributed by atoms with Gasteiger partial charge < -0.3 is 10.1 Å². The maximum atomic E-state index is 13.5. The van der Waals surface area contributed by atoms with Gasteiger partial charge in [-0.05, 0) is 67.8 Å². The number of hydrogen-bond donors (Lipinski definition) is 1. The van der Waals surface area contributed by atoms with Gasteiger partial charge in [0.25, 0.3) is 5.56 Å². The van der Waals surface area contributed by atoms with Gasteiger partial charge in [0.1, 0.15) is 5.75 Å². The predicted molar refractivity (Wildman–Crippen MR) is 134 cm³/mol. The van der Waals surface area contributed by atoms with Gasteiger partial charge in [0.05, 0.1) is 35.1 Å². The summed E-state index contributed by atoms with van der Waals surface area (Å²) in [5, 5.41) is 3.91. The van der Waals surface area contributed by atoms with Gasteiger partial charge in [-0.1, -0.05) is 42.1 Å². The van der Waals surface area contributed by atoms with E-state index < -0.39 is 0 Å². The van der Waals surface area contributed by atoms with E-state index in [9.17, 15) is 9.59 Å². The number of thioether (sulfide) groups is 1. The molecular formula is C26H25N3O3S. The highest BCUT2D eigenvalue weighted by Crippen LogP contribution is 2.27. The number of para-hydroxylation sites is 1. The number of anilines is 1. The van der Waals surface area contributed by atoms with Gasteiger partial charge in [-0.25, -0.2) is 4.98 Å². The van der Waals surface area contributed by atoms with Gasteiger partial charge >= 0.3 is 0 Å². The van der Waals surface area contributed by atoms with Gasteiger partial charge in [0.15, 0.2) is 5.16 Å². The molecule has 4 rings (SSSR count). The molecular weight excluding hydrogens is 434 g/mol. The van der Waals surface area contributed by atoms with Crippen molar-refractivity contribution in [1.82, 2.24) is 9.55 Å². The number of amides is 1. The van der Waals surface area contributed by atoms with Crippen molar-refractivity contribution >= 4 is 34.3 Å². The van der Waals surface area contributed by atoms with Crippen molar-refractivity contribution in [2.75, 3.05) is 18.2 Å². The first-order valence-corrected chi connectivity index (χ1v) is 11.5. The van der Waals surface area contributed by atoms with Crippen molar-refractivity contribution in [2.45, 2.75) is 25.9 Å². The summed E-state index contributed by atoms with van der Waals surface area (Å²) in [5.74, 6) is 0.473. The number of methoxy groups -OCH3 is 1. The highest BCUT2D eigenvalue weighted by atomic mass is 32.2. The molecule has 0 aliphatic rings. The molecule has 0 bridgehead atoms. The van der Waals surface area contributed by atoms with Crippen LogP contribution in [0.1, 0.15) is 16.7 Å². The minimum atomic E-state index is -0.209. The Bertz CT molecular complexity index is 1410. The molecule has 0 fully saturated rings. The molecule has 4 aromatic rings. The van der Waals surface area contributed by atoms with Crippen LogP contribution in [-0.2, 0) is 4.79 Å². The van der Waals surface area contributed by atoms with Crippen LogP contribution < -0.4 is 15.6 Å². The summed E-state index contributed by atoms with van der Waals surface area (Å²) in [6.45, 7) is 5.94. The Labute approximate surface area is 196 Å². The van der Waals surface area contributed by atoms with Gasteiger partial charge in [0.2, 0.25) is 5.91 Å². The molecule has 0 saturated heterocycles. The highest BCUT2D eigenvalue weighted by molar-refractivity contribution is 7.99. The third-order valence-corrected chi connectivity index (χ3v) is 6.46. The summed E-state index contributed by atoms with van der Waals surface area (Å²) >= 11 is 1.23. The minimum Gasteiger partial charge on any atom is -0.495 e. The number of rotatable bonds is 6. The number of nitrogens with zero attached hydrogens (tertiary/aromatic N) is 2. The molecule has 1 heterocycles. The lowest BCUT2D eigenvalue weighted by Gasteiger charge is -2.16. The summed E-state index contributed by atoms with van der Waals surface area (Å²) < 4.78 is 6.96. The van der Waals surface area contributed by atoms with Crippen LogP contribution >= 0.6 is 11.8 Å². The van der Waals surface area contributed by atoms with Crippen LogP contribution in [0.25, 0.3) is 16.6 Å². The number of aromatic nitrogens is 2. The smallest absolute Gasteiger partial charge is 0.266 e. The van der Waals surface area contributed by atoms with Crippen molar-refractivity contribution in [3.05, 3.63) is 87.7 Å². The number of carbonyl (C=O) groups excluding carboxylic acids is 1. The quantitative estimate of drug-likeness (QED) is 0.323. The van der Waals surface area contributed by atoms with E-state index in [4.69, 9.17) is 9.72 Å². The van der Waals surface area contributed by atoms with Crippen LogP contribution in [0, 0.1) is 20.8 Å². The third kappa shape index (κ3) is 4.64. The average Bonchev–Trinajstić information content (AvgIpc) is 2.80. The minimum absolute atomic E-state index is 0.0900. The average molecular weight is 460 g/mol. The van der Waals surface area contributed by atoms with Crippen LogP contribution in [0.4, 0.5) is 5.69 Å². The van der Waals surface area contributed by atoms with E-state index in [0.717, 1.165) is 22.4 Å². The summed E-state index contributed by atoms with van der Waals surface area (Å²) in [6, 6.07) is 18.7. The van der Waals surface area contributed by atoms with E-state index in [-0.39, 0.29) is 17.2 Å². The van der Waals surface area contributed by atoms with Crippen molar-refractivity contribution in [3.63, 3.8) is 0 Å². The molecule has 3 aromatic carbocycles. The van der Waals surface area contributed by atoms with Crippen LogP contribution in [0.3, 0.4) is 0 Å². The summed E-state index contributed by atoms with van der Waals surface area (Å²) in [6.07, 6.45) is 0. The third-order valence-electron chi connectivity index (χ3n) is 5.52. The Morgan fingerprint density at radius 3 is 2.64 bits per heavy atom. The second-order valence-electron chi connectivity index (χ2n) is 7.81. The van der Waals surface area contributed by atoms with E-state index >= 15 is 0 Å². The standard InChI is InChI=1S/C26H25N3O3S/c1-16-12-13-23(32-4)21(14-16)27-24(30)15-33-26-28-20-10-6-5-9-19(20)25(31)29(26)22-11-7-8-17(2)18(22)3/h5-14H,15H2,1-4H3,(H,27,30). The van der Waals surface area contributed by atoms with Crippen LogP contribution in [0.15, 0.2) is 70.6 Å². The lowest BCUT2D eigenvalue weighted by Crippen LogP contribution is -2.23. The van der Waals surface area contributed by atoms with Gasteiger partial charge in [-0.2, -0.15) is 0 Å². The molecule has 0 aliphatic carbocycles. The summed E-state index contributed by atoms with van der Waals surface area (Å²) in [5.41, 5.74) is 4.91. The van der Waals surface area contributed by atoms with Gasteiger partial charge in [0, 0.05) is 0 Å². The Morgan fingerprint density at radius 1 is 1.06 bits per heavy atom. The Hall–Kier alpha value is -3.58. The van der Waals surface area contributed by atoms with Crippen molar-refractivity contribution in [3.8, 4) is 11.4 Å². The van der Waals surface area contributed by atoms with Gasteiger partial charge in [-0.3, -0.25) is 14.2 Å². The predicted octanol–water partition coefficient (Wildman–Crippen LogP) is 5.05. The van der Waals surface area contributed by atoms with E-state index in [1.165, 1.54) is 11.8 Å². The van der Waals surface area contributed by atoms with E-state index in [0.29, 0.717) is 27.5 Å². The molecule has 33 heavy (non-hydrogen) atoms. The fourth-order valence-corrected chi connectivity index (χ4v) is 4.44. The number of benzene rings is 3. The van der Waals surface area contributed by atoms with Gasteiger partial charge in [-0.15, -0.1) is 0 Å².